The second-order valence-electron chi connectivity index (χ2n) is 9.64. The zero-order chi connectivity index (χ0) is 27.6. The van der Waals surface area contributed by atoms with E-state index in [9.17, 15) is 0 Å². The Labute approximate surface area is 257 Å². The Kier molecular flexibility index (Phi) is 7.68. The van der Waals surface area contributed by atoms with Crippen molar-refractivity contribution in [3.8, 4) is 11.3 Å². The van der Waals surface area contributed by atoms with E-state index in [1.54, 1.807) is 6.20 Å². The van der Waals surface area contributed by atoms with Crippen molar-refractivity contribution >= 4 is 50.8 Å². The fourth-order valence-corrected chi connectivity index (χ4v) is 4.85. The normalized spacial score (nSPS) is 11.6. The number of hydrogen-bond acceptors (Lipinski definition) is 3. The smallest absolute Gasteiger partial charge is 0.465 e. The van der Waals surface area contributed by atoms with Crippen molar-refractivity contribution in [3.63, 3.8) is 0 Å². The molecule has 1 aliphatic rings. The number of hydrogen-bond donors (Lipinski definition) is 0. The van der Waals surface area contributed by atoms with Crippen LogP contribution in [0.2, 0.25) is 0 Å². The largest absolute Gasteiger partial charge is 0.501 e. The van der Waals surface area contributed by atoms with Crippen LogP contribution in [0, 0.1) is 19.1 Å². The van der Waals surface area contributed by atoms with Gasteiger partial charge in [-0.05, 0) is 34.2 Å². The van der Waals surface area contributed by atoms with E-state index in [1.807, 2.05) is 96.6 Å². The Bertz CT molecular complexity index is 2080. The Hall–Kier alpha value is -4.99. The molecule has 4 heterocycles. The van der Waals surface area contributed by atoms with Gasteiger partial charge in [-0.25, -0.2) is 4.98 Å². The molecule has 203 valence electrons. The SMILES string of the molecule is C1=[N+](c2[c-]c3oc4ncccc4c3cc2)c2ccccc2[N+]=1c1ccccc1.Cc1ccc(-c2[c-]cccc2)nc1.[Ir]. The van der Waals surface area contributed by atoms with Crippen molar-refractivity contribution in [2.24, 2.45) is 0 Å². The standard InChI is InChI=1S/C24H14N3O.C12H10N.Ir/c1-2-7-17(8-3-1)26-16-27(22-11-5-4-10-21(22)26)18-12-13-19-20-9-6-14-25-24(20)28-23(19)15-18;1-10-7-8-12(13-9-10)11-5-3-2-4-6-11;/h1-14H;2-5,7-9H,1H3;/q+1;-1;. The third kappa shape index (κ3) is 5.23. The molecule has 6 heteroatoms. The summed E-state index contributed by atoms with van der Waals surface area (Å²) >= 11 is 0. The minimum Gasteiger partial charge on any atom is -0.465 e. The zero-order valence-corrected chi connectivity index (χ0v) is 25.0. The van der Waals surface area contributed by atoms with Crippen LogP contribution in [-0.4, -0.2) is 16.0 Å². The first kappa shape index (κ1) is 27.2. The average Bonchev–Trinajstić information content (AvgIpc) is 3.61. The van der Waals surface area contributed by atoms with Crippen LogP contribution in [0.3, 0.4) is 0 Å². The van der Waals surface area contributed by atoms with Crippen LogP contribution in [0.1, 0.15) is 5.56 Å². The molecule has 5 nitrogen and oxygen atoms in total. The van der Waals surface area contributed by atoms with Crippen molar-refractivity contribution in [3.05, 3.63) is 145 Å². The van der Waals surface area contributed by atoms with Crippen LogP contribution in [0.5, 0.6) is 0 Å². The molecule has 0 amide bonds. The summed E-state index contributed by atoms with van der Waals surface area (Å²) in [6.45, 7) is 2.03. The summed E-state index contributed by atoms with van der Waals surface area (Å²) in [5.74, 6) is 0. The van der Waals surface area contributed by atoms with Gasteiger partial charge in [-0.2, -0.15) is 6.07 Å². The van der Waals surface area contributed by atoms with Gasteiger partial charge in [0, 0.05) is 62.3 Å². The van der Waals surface area contributed by atoms with Crippen LogP contribution in [0.4, 0.5) is 22.7 Å². The van der Waals surface area contributed by atoms with Crippen LogP contribution < -0.4 is 9.15 Å². The van der Waals surface area contributed by atoms with Gasteiger partial charge in [0.1, 0.15) is 5.69 Å². The molecule has 0 aliphatic carbocycles. The number of pyridine rings is 2. The van der Waals surface area contributed by atoms with Crippen molar-refractivity contribution in [2.75, 3.05) is 0 Å². The Morgan fingerprint density at radius 1 is 0.714 bits per heavy atom. The van der Waals surface area contributed by atoms with Gasteiger partial charge >= 0.3 is 6.01 Å². The first-order valence-corrected chi connectivity index (χ1v) is 13.3. The zero-order valence-electron chi connectivity index (χ0n) is 22.7. The van der Waals surface area contributed by atoms with Gasteiger partial charge in [0.05, 0.1) is 0 Å². The molecule has 0 saturated carbocycles. The van der Waals surface area contributed by atoms with E-state index < -0.39 is 0 Å². The summed E-state index contributed by atoms with van der Waals surface area (Å²) < 4.78 is 10.00. The van der Waals surface area contributed by atoms with E-state index in [-0.39, 0.29) is 20.1 Å². The molecule has 0 unspecified atom stereocenters. The van der Waals surface area contributed by atoms with Crippen LogP contribution >= 0.6 is 0 Å². The predicted octanol–water partition coefficient (Wildman–Crippen LogP) is 8.49. The topological polar surface area (TPSA) is 44.9 Å². The van der Waals surface area contributed by atoms with Gasteiger partial charge in [0.15, 0.2) is 0 Å². The van der Waals surface area contributed by atoms with Crippen LogP contribution in [0.25, 0.3) is 33.3 Å². The first-order valence-electron chi connectivity index (χ1n) is 13.3. The Balaban J connectivity index is 0.000000191. The third-order valence-electron chi connectivity index (χ3n) is 6.87. The minimum atomic E-state index is 0. The molecule has 0 saturated heterocycles. The molecule has 42 heavy (non-hydrogen) atoms. The Morgan fingerprint density at radius 2 is 1.50 bits per heavy atom. The molecule has 7 aromatic rings. The quantitative estimate of drug-likeness (QED) is 0.136. The molecule has 4 aromatic carbocycles. The molecule has 0 atom stereocenters. The maximum absolute atomic E-state index is 5.92. The molecular formula is C36H24IrN4O. The van der Waals surface area contributed by atoms with Gasteiger partial charge in [0.2, 0.25) is 11.4 Å². The van der Waals surface area contributed by atoms with Gasteiger partial charge in [0.25, 0.3) is 11.4 Å². The van der Waals surface area contributed by atoms with Crippen LogP contribution in [-0.2, 0) is 20.1 Å². The molecule has 1 aliphatic heterocycles. The van der Waals surface area contributed by atoms with E-state index in [0.29, 0.717) is 11.3 Å². The molecule has 3 aromatic heterocycles. The molecule has 0 bridgehead atoms. The molecule has 1 radical (unpaired) electrons. The number of aromatic nitrogens is 2. The number of aryl methyl sites for hydroxylation is 1. The minimum absolute atomic E-state index is 0. The average molecular weight is 721 g/mol. The van der Waals surface area contributed by atoms with Gasteiger partial charge < -0.3 is 9.40 Å². The maximum atomic E-state index is 5.92. The second-order valence-corrected chi connectivity index (χ2v) is 9.64. The third-order valence-corrected chi connectivity index (χ3v) is 6.87. The number of fused-ring (bicyclic) bond motifs is 4. The molecule has 0 N–H and O–H groups in total. The second kappa shape index (κ2) is 11.9. The molecule has 0 fully saturated rings. The summed E-state index contributed by atoms with van der Waals surface area (Å²) in [6, 6.07) is 48.5. The number of furan rings is 1. The van der Waals surface area contributed by atoms with Crippen molar-refractivity contribution in [2.45, 2.75) is 6.92 Å². The van der Waals surface area contributed by atoms with E-state index in [4.69, 9.17) is 4.42 Å². The fraction of sp³-hybridized carbons (Fsp3) is 0.0278. The summed E-state index contributed by atoms with van der Waals surface area (Å²) in [4.78, 5) is 8.63. The van der Waals surface area contributed by atoms with Gasteiger partial charge in [-0.1, -0.05) is 70.6 Å². The van der Waals surface area contributed by atoms with Crippen molar-refractivity contribution < 1.29 is 24.5 Å². The predicted molar refractivity (Wildman–Crippen MR) is 164 cm³/mol. The molecule has 8 rings (SSSR count). The van der Waals surface area contributed by atoms with E-state index in [2.05, 4.69) is 69.1 Å². The summed E-state index contributed by atoms with van der Waals surface area (Å²) in [5.41, 5.74) is 8.59. The maximum Gasteiger partial charge on any atom is 0.501 e. The van der Waals surface area contributed by atoms with E-state index in [0.717, 1.165) is 44.8 Å². The monoisotopic (exact) mass is 721 g/mol. The summed E-state index contributed by atoms with van der Waals surface area (Å²) in [5, 5.41) is 2.01. The van der Waals surface area contributed by atoms with Gasteiger partial charge in [-0.3, -0.25) is 0 Å². The first-order chi connectivity index (χ1) is 20.2. The number of rotatable bonds is 3. The van der Waals surface area contributed by atoms with E-state index in [1.165, 1.54) is 5.56 Å². The molecule has 0 spiro atoms. The number of nitrogens with zero attached hydrogens (tertiary/aromatic N) is 4. The van der Waals surface area contributed by atoms with Crippen molar-refractivity contribution in [1.29, 1.82) is 0 Å². The van der Waals surface area contributed by atoms with Crippen molar-refractivity contribution in [1.82, 2.24) is 19.1 Å². The van der Waals surface area contributed by atoms with Crippen LogP contribution in [0.15, 0.2) is 132 Å². The Morgan fingerprint density at radius 3 is 2.26 bits per heavy atom. The van der Waals surface area contributed by atoms with Gasteiger partial charge in [-0.15, -0.1) is 35.9 Å². The number of benzene rings is 4. The summed E-state index contributed by atoms with van der Waals surface area (Å²) in [6.07, 6.45) is 3.61. The number of para-hydroxylation sites is 3. The fourth-order valence-electron chi connectivity index (χ4n) is 4.85. The summed E-state index contributed by atoms with van der Waals surface area (Å²) in [7, 11) is 0. The molecular weight excluding hydrogens is 697 g/mol. The van der Waals surface area contributed by atoms with E-state index >= 15 is 0 Å².